The van der Waals surface area contributed by atoms with Gasteiger partial charge >= 0.3 is 0 Å². The minimum atomic E-state index is -2.93. The maximum absolute atomic E-state index is 12.0. The normalized spacial score (nSPS) is 20.2. The summed E-state index contributed by atoms with van der Waals surface area (Å²) in [7, 11) is -2.93. The van der Waals surface area contributed by atoms with E-state index in [2.05, 4.69) is 25.4 Å². The van der Waals surface area contributed by atoms with E-state index in [4.69, 9.17) is 0 Å². The van der Waals surface area contributed by atoms with Crippen molar-refractivity contribution in [2.75, 3.05) is 18.1 Å². The lowest BCUT2D eigenvalue weighted by molar-refractivity contribution is -0.127. The summed E-state index contributed by atoms with van der Waals surface area (Å²) >= 11 is 1.60. The molecule has 2 heterocycles. The quantitative estimate of drug-likeness (QED) is 0.744. The molecule has 1 fully saturated rings. The van der Waals surface area contributed by atoms with Crippen molar-refractivity contribution in [1.29, 1.82) is 0 Å². The zero-order valence-electron chi connectivity index (χ0n) is 13.0. The van der Waals surface area contributed by atoms with Crippen LogP contribution in [0.25, 0.3) is 0 Å². The first kappa shape index (κ1) is 17.1. The SMILES string of the molecule is C=CC(=O)N(Cc1cnc(C(C)C)s1)CC1CCS(=O)(=O)C1. The van der Waals surface area contributed by atoms with Gasteiger partial charge in [-0.3, -0.25) is 4.79 Å². The van der Waals surface area contributed by atoms with Crippen LogP contribution in [0.2, 0.25) is 0 Å². The molecule has 0 spiro atoms. The number of rotatable bonds is 6. The zero-order chi connectivity index (χ0) is 16.3. The summed E-state index contributed by atoms with van der Waals surface area (Å²) < 4.78 is 23.1. The zero-order valence-corrected chi connectivity index (χ0v) is 14.6. The van der Waals surface area contributed by atoms with E-state index in [0.717, 1.165) is 9.88 Å². The van der Waals surface area contributed by atoms with Crippen LogP contribution in [0.5, 0.6) is 0 Å². The highest BCUT2D eigenvalue weighted by Gasteiger charge is 2.30. The lowest BCUT2D eigenvalue weighted by Crippen LogP contribution is -2.34. The van der Waals surface area contributed by atoms with Gasteiger partial charge in [0.1, 0.15) is 0 Å². The Hall–Kier alpha value is -1.21. The summed E-state index contributed by atoms with van der Waals surface area (Å²) in [5.74, 6) is 0.622. The minimum Gasteiger partial charge on any atom is -0.334 e. The molecule has 5 nitrogen and oxygen atoms in total. The minimum absolute atomic E-state index is 0.0198. The van der Waals surface area contributed by atoms with E-state index in [1.807, 2.05) is 0 Å². The maximum atomic E-state index is 12.0. The third kappa shape index (κ3) is 4.39. The number of hydrogen-bond donors (Lipinski definition) is 0. The highest BCUT2D eigenvalue weighted by atomic mass is 32.2. The monoisotopic (exact) mass is 342 g/mol. The molecule has 1 amide bonds. The van der Waals surface area contributed by atoms with Crippen molar-refractivity contribution >= 4 is 27.1 Å². The van der Waals surface area contributed by atoms with E-state index in [9.17, 15) is 13.2 Å². The fourth-order valence-corrected chi connectivity index (χ4v) is 5.32. The summed E-state index contributed by atoms with van der Waals surface area (Å²) in [6.45, 7) is 8.62. The number of sulfone groups is 1. The number of carbonyl (C=O) groups is 1. The van der Waals surface area contributed by atoms with E-state index >= 15 is 0 Å². The van der Waals surface area contributed by atoms with E-state index in [1.54, 1.807) is 22.4 Å². The molecule has 0 radical (unpaired) electrons. The molecule has 1 saturated heterocycles. The summed E-state index contributed by atoms with van der Waals surface area (Å²) in [5, 5.41) is 1.05. The van der Waals surface area contributed by atoms with Gasteiger partial charge in [-0.25, -0.2) is 13.4 Å². The van der Waals surface area contributed by atoms with Crippen LogP contribution >= 0.6 is 11.3 Å². The largest absolute Gasteiger partial charge is 0.334 e. The van der Waals surface area contributed by atoms with Gasteiger partial charge in [0.25, 0.3) is 0 Å². The molecule has 0 bridgehead atoms. The van der Waals surface area contributed by atoms with Crippen molar-refractivity contribution in [3.05, 3.63) is 28.7 Å². The van der Waals surface area contributed by atoms with Gasteiger partial charge in [0.05, 0.1) is 23.1 Å². The van der Waals surface area contributed by atoms with Crippen LogP contribution in [-0.4, -0.2) is 42.3 Å². The van der Waals surface area contributed by atoms with Crippen molar-refractivity contribution in [3.8, 4) is 0 Å². The molecular weight excluding hydrogens is 320 g/mol. The molecule has 1 aliphatic heterocycles. The second kappa shape index (κ2) is 6.91. The Labute approximate surface area is 136 Å². The van der Waals surface area contributed by atoms with Gasteiger partial charge in [0.2, 0.25) is 5.91 Å². The van der Waals surface area contributed by atoms with Gasteiger partial charge in [-0.05, 0) is 18.4 Å². The van der Waals surface area contributed by atoms with Gasteiger partial charge in [0.15, 0.2) is 9.84 Å². The molecule has 1 atom stereocenters. The molecular formula is C15H22N2O3S2. The highest BCUT2D eigenvalue weighted by molar-refractivity contribution is 7.91. The van der Waals surface area contributed by atoms with Gasteiger partial charge in [-0.1, -0.05) is 20.4 Å². The Kier molecular flexibility index (Phi) is 5.39. The average molecular weight is 342 g/mol. The molecule has 0 aliphatic carbocycles. The van der Waals surface area contributed by atoms with Gasteiger partial charge in [-0.15, -0.1) is 11.3 Å². The van der Waals surface area contributed by atoms with Crippen LogP contribution in [0.4, 0.5) is 0 Å². The van der Waals surface area contributed by atoms with E-state index < -0.39 is 9.84 Å². The second-order valence-electron chi connectivity index (χ2n) is 6.01. The number of aromatic nitrogens is 1. The van der Waals surface area contributed by atoms with Crippen molar-refractivity contribution < 1.29 is 13.2 Å². The van der Waals surface area contributed by atoms with Crippen LogP contribution in [-0.2, 0) is 21.2 Å². The van der Waals surface area contributed by atoms with E-state index in [0.29, 0.717) is 25.4 Å². The standard InChI is InChI=1S/C15H22N2O3S2/c1-4-14(18)17(8-12-5-6-22(19,20)10-12)9-13-7-16-15(21-13)11(2)3/h4,7,11-12H,1,5-6,8-10H2,2-3H3. The molecule has 1 unspecified atom stereocenters. The molecule has 1 aromatic heterocycles. The average Bonchev–Trinajstić information content (AvgIpc) is 3.04. The number of hydrogen-bond acceptors (Lipinski definition) is 5. The molecule has 0 aromatic carbocycles. The first-order chi connectivity index (χ1) is 10.3. The van der Waals surface area contributed by atoms with Crippen molar-refractivity contribution in [2.24, 2.45) is 5.92 Å². The Morgan fingerprint density at radius 1 is 1.59 bits per heavy atom. The molecule has 2 rings (SSSR count). The Morgan fingerprint density at radius 3 is 2.82 bits per heavy atom. The molecule has 122 valence electrons. The number of nitrogens with zero attached hydrogens (tertiary/aromatic N) is 2. The lowest BCUT2D eigenvalue weighted by Gasteiger charge is -2.23. The second-order valence-corrected chi connectivity index (χ2v) is 9.39. The van der Waals surface area contributed by atoms with Gasteiger partial charge in [-0.2, -0.15) is 0 Å². The first-order valence-electron chi connectivity index (χ1n) is 7.37. The molecule has 0 N–H and O–H groups in total. The van der Waals surface area contributed by atoms with Gasteiger partial charge < -0.3 is 4.90 Å². The molecule has 1 aromatic rings. The molecule has 0 saturated carbocycles. The summed E-state index contributed by atoms with van der Waals surface area (Å²) in [4.78, 5) is 19.1. The Morgan fingerprint density at radius 2 is 2.32 bits per heavy atom. The first-order valence-corrected chi connectivity index (χ1v) is 10.0. The number of amides is 1. The number of thiazole rings is 1. The number of carbonyl (C=O) groups excluding carboxylic acids is 1. The fraction of sp³-hybridized carbons (Fsp3) is 0.600. The van der Waals surface area contributed by atoms with Gasteiger partial charge in [0, 0.05) is 23.5 Å². The molecule has 7 heteroatoms. The summed E-state index contributed by atoms with van der Waals surface area (Å²) in [6, 6.07) is 0. The van der Waals surface area contributed by atoms with Crippen LogP contribution < -0.4 is 0 Å². The molecule has 22 heavy (non-hydrogen) atoms. The van der Waals surface area contributed by atoms with Crippen LogP contribution in [0, 0.1) is 5.92 Å². The van der Waals surface area contributed by atoms with E-state index in [1.165, 1.54) is 6.08 Å². The predicted octanol–water partition coefficient (Wildman–Crippen LogP) is 2.22. The maximum Gasteiger partial charge on any atom is 0.246 e. The van der Waals surface area contributed by atoms with Crippen molar-refractivity contribution in [1.82, 2.24) is 9.88 Å². The highest BCUT2D eigenvalue weighted by Crippen LogP contribution is 2.24. The third-order valence-corrected chi connectivity index (χ3v) is 6.82. The third-order valence-electron chi connectivity index (χ3n) is 3.70. The smallest absolute Gasteiger partial charge is 0.246 e. The Balaban J connectivity index is 2.06. The predicted molar refractivity (Wildman–Crippen MR) is 88.6 cm³/mol. The summed E-state index contributed by atoms with van der Waals surface area (Å²) in [5.41, 5.74) is 0. The summed E-state index contributed by atoms with van der Waals surface area (Å²) in [6.07, 6.45) is 3.71. The fourth-order valence-electron chi connectivity index (χ4n) is 2.54. The Bertz CT molecular complexity index is 649. The van der Waals surface area contributed by atoms with Crippen LogP contribution in [0.3, 0.4) is 0 Å². The molecule has 1 aliphatic rings. The van der Waals surface area contributed by atoms with Crippen molar-refractivity contribution in [2.45, 2.75) is 32.7 Å². The lowest BCUT2D eigenvalue weighted by atomic mass is 10.1. The van der Waals surface area contributed by atoms with Crippen LogP contribution in [0.15, 0.2) is 18.9 Å². The van der Waals surface area contributed by atoms with E-state index in [-0.39, 0.29) is 23.3 Å². The van der Waals surface area contributed by atoms with Crippen LogP contribution in [0.1, 0.15) is 36.1 Å². The van der Waals surface area contributed by atoms with Crippen molar-refractivity contribution in [3.63, 3.8) is 0 Å². The topological polar surface area (TPSA) is 67.3 Å².